The lowest BCUT2D eigenvalue weighted by molar-refractivity contribution is -0.117. The number of benzene rings is 1. The number of carbonyl (C=O) groups excluding carboxylic acids is 1. The number of para-hydroxylation sites is 1. The molecule has 94 valence electrons. The molecule has 0 atom stereocenters. The SMILES string of the molecule is CC(=O)CCn1c(C(=O)O)cc2cccc(Cl)c21. The van der Waals surface area contributed by atoms with Crippen molar-refractivity contribution in [2.24, 2.45) is 0 Å². The summed E-state index contributed by atoms with van der Waals surface area (Å²) in [7, 11) is 0. The van der Waals surface area contributed by atoms with Crippen LogP contribution in [0.15, 0.2) is 24.3 Å². The van der Waals surface area contributed by atoms with E-state index in [1.807, 2.05) is 0 Å². The van der Waals surface area contributed by atoms with E-state index in [-0.39, 0.29) is 17.9 Å². The second-order valence-corrected chi connectivity index (χ2v) is 4.52. The van der Waals surface area contributed by atoms with Gasteiger partial charge in [-0.2, -0.15) is 0 Å². The Labute approximate surface area is 109 Å². The van der Waals surface area contributed by atoms with E-state index in [4.69, 9.17) is 11.6 Å². The van der Waals surface area contributed by atoms with Crippen LogP contribution in [0.1, 0.15) is 23.8 Å². The first kappa shape index (κ1) is 12.6. The minimum atomic E-state index is -1.02. The molecule has 0 amide bonds. The standard InChI is InChI=1S/C13H12ClNO3/c1-8(16)5-6-15-11(13(17)18)7-9-3-2-4-10(14)12(9)15/h2-4,7H,5-6H2,1H3,(H,17,18). The highest BCUT2D eigenvalue weighted by atomic mass is 35.5. The third-order valence-corrected chi connectivity index (χ3v) is 3.08. The Balaban J connectivity index is 2.61. The van der Waals surface area contributed by atoms with Crippen LogP contribution in [0.25, 0.3) is 10.9 Å². The second-order valence-electron chi connectivity index (χ2n) is 4.12. The van der Waals surface area contributed by atoms with E-state index in [9.17, 15) is 14.7 Å². The minimum Gasteiger partial charge on any atom is -0.477 e. The lowest BCUT2D eigenvalue weighted by Crippen LogP contribution is -2.10. The summed E-state index contributed by atoms with van der Waals surface area (Å²) in [4.78, 5) is 22.2. The van der Waals surface area contributed by atoms with Gasteiger partial charge in [0.05, 0.1) is 10.5 Å². The number of ketones is 1. The molecule has 1 N–H and O–H groups in total. The maximum absolute atomic E-state index is 11.2. The van der Waals surface area contributed by atoms with Crippen LogP contribution in [0.2, 0.25) is 5.02 Å². The van der Waals surface area contributed by atoms with Crippen LogP contribution in [0.4, 0.5) is 0 Å². The average molecular weight is 266 g/mol. The largest absolute Gasteiger partial charge is 0.477 e. The Hall–Kier alpha value is -1.81. The minimum absolute atomic E-state index is 0.0141. The fraction of sp³-hybridized carbons (Fsp3) is 0.231. The van der Waals surface area contributed by atoms with E-state index < -0.39 is 5.97 Å². The number of carbonyl (C=O) groups is 2. The first-order valence-electron chi connectivity index (χ1n) is 5.51. The molecule has 0 saturated heterocycles. The molecule has 1 aromatic heterocycles. The normalized spacial score (nSPS) is 10.8. The number of halogens is 1. The maximum Gasteiger partial charge on any atom is 0.352 e. The van der Waals surface area contributed by atoms with Crippen molar-refractivity contribution in [3.8, 4) is 0 Å². The number of carboxylic acid groups (broad SMARTS) is 1. The van der Waals surface area contributed by atoms with Crippen LogP contribution in [0.3, 0.4) is 0 Å². The fourth-order valence-electron chi connectivity index (χ4n) is 1.96. The number of hydrogen-bond donors (Lipinski definition) is 1. The molecule has 1 aromatic carbocycles. The molecule has 2 aromatic rings. The Bertz CT molecular complexity index is 630. The fourth-order valence-corrected chi connectivity index (χ4v) is 2.24. The summed E-state index contributed by atoms with van der Waals surface area (Å²) < 4.78 is 1.58. The lowest BCUT2D eigenvalue weighted by atomic mass is 10.2. The number of aryl methyl sites for hydroxylation is 1. The molecule has 0 fully saturated rings. The van der Waals surface area contributed by atoms with Crippen molar-refractivity contribution in [3.63, 3.8) is 0 Å². The number of hydrogen-bond acceptors (Lipinski definition) is 2. The third kappa shape index (κ3) is 2.24. The van der Waals surface area contributed by atoms with Crippen LogP contribution in [-0.4, -0.2) is 21.4 Å². The summed E-state index contributed by atoms with van der Waals surface area (Å²) in [5.41, 5.74) is 0.817. The van der Waals surface area contributed by atoms with E-state index in [0.717, 1.165) is 5.39 Å². The summed E-state index contributed by atoms with van der Waals surface area (Å²) in [5, 5.41) is 10.4. The summed E-state index contributed by atoms with van der Waals surface area (Å²) in [6, 6.07) is 6.85. The van der Waals surface area contributed by atoms with E-state index in [1.54, 1.807) is 28.8 Å². The summed E-state index contributed by atoms with van der Waals surface area (Å²) in [6.07, 6.45) is 0.287. The highest BCUT2D eigenvalue weighted by molar-refractivity contribution is 6.35. The zero-order valence-electron chi connectivity index (χ0n) is 9.81. The zero-order valence-corrected chi connectivity index (χ0v) is 10.6. The van der Waals surface area contributed by atoms with Gasteiger partial charge in [-0.3, -0.25) is 4.79 Å². The summed E-state index contributed by atoms with van der Waals surface area (Å²) in [6.45, 7) is 1.80. The number of rotatable bonds is 4. The average Bonchev–Trinajstić information content (AvgIpc) is 2.66. The second kappa shape index (κ2) is 4.82. The van der Waals surface area contributed by atoms with Crippen LogP contribution in [0.5, 0.6) is 0 Å². The molecule has 0 aliphatic rings. The Morgan fingerprint density at radius 2 is 2.11 bits per heavy atom. The molecule has 0 bridgehead atoms. The van der Waals surface area contributed by atoms with Gasteiger partial charge in [-0.25, -0.2) is 4.79 Å². The monoisotopic (exact) mass is 265 g/mol. The molecule has 0 unspecified atom stereocenters. The Morgan fingerprint density at radius 3 is 2.72 bits per heavy atom. The molecule has 18 heavy (non-hydrogen) atoms. The van der Waals surface area contributed by atoms with E-state index in [0.29, 0.717) is 17.1 Å². The van der Waals surface area contributed by atoms with Gasteiger partial charge in [-0.1, -0.05) is 23.7 Å². The van der Waals surface area contributed by atoms with Crippen molar-refractivity contribution in [2.45, 2.75) is 19.9 Å². The molecule has 2 rings (SSSR count). The molecule has 0 aliphatic carbocycles. The van der Waals surface area contributed by atoms with Gasteiger partial charge in [0.1, 0.15) is 11.5 Å². The van der Waals surface area contributed by atoms with Crippen molar-refractivity contribution in [1.29, 1.82) is 0 Å². The van der Waals surface area contributed by atoms with Crippen LogP contribution < -0.4 is 0 Å². The molecule has 4 nitrogen and oxygen atoms in total. The first-order chi connectivity index (χ1) is 8.50. The van der Waals surface area contributed by atoms with Gasteiger partial charge in [0.2, 0.25) is 0 Å². The number of carboxylic acids is 1. The molecule has 1 heterocycles. The number of fused-ring (bicyclic) bond motifs is 1. The van der Waals surface area contributed by atoms with Crippen molar-refractivity contribution in [2.75, 3.05) is 0 Å². The molecule has 0 aliphatic heterocycles. The first-order valence-corrected chi connectivity index (χ1v) is 5.89. The van der Waals surface area contributed by atoms with Gasteiger partial charge in [0, 0.05) is 18.4 Å². The van der Waals surface area contributed by atoms with Crippen molar-refractivity contribution in [3.05, 3.63) is 35.0 Å². The third-order valence-electron chi connectivity index (χ3n) is 2.78. The summed E-state index contributed by atoms with van der Waals surface area (Å²) >= 11 is 6.10. The highest BCUT2D eigenvalue weighted by Gasteiger charge is 2.16. The van der Waals surface area contributed by atoms with Crippen molar-refractivity contribution in [1.82, 2.24) is 4.57 Å². The number of aromatic carboxylic acids is 1. The van der Waals surface area contributed by atoms with E-state index >= 15 is 0 Å². The lowest BCUT2D eigenvalue weighted by Gasteiger charge is -2.07. The number of aromatic nitrogens is 1. The Morgan fingerprint density at radius 1 is 1.39 bits per heavy atom. The summed E-state index contributed by atoms with van der Waals surface area (Å²) in [5.74, 6) is -1.01. The van der Waals surface area contributed by atoms with Crippen molar-refractivity contribution < 1.29 is 14.7 Å². The number of nitrogens with zero attached hydrogens (tertiary/aromatic N) is 1. The Kier molecular flexibility index (Phi) is 3.39. The van der Waals surface area contributed by atoms with Gasteiger partial charge in [-0.05, 0) is 19.1 Å². The van der Waals surface area contributed by atoms with Crippen LogP contribution in [0, 0.1) is 0 Å². The van der Waals surface area contributed by atoms with Crippen LogP contribution >= 0.6 is 11.6 Å². The van der Waals surface area contributed by atoms with Gasteiger partial charge < -0.3 is 9.67 Å². The van der Waals surface area contributed by atoms with Gasteiger partial charge >= 0.3 is 5.97 Å². The molecule has 0 saturated carbocycles. The highest BCUT2D eigenvalue weighted by Crippen LogP contribution is 2.27. The molecule has 0 radical (unpaired) electrons. The van der Waals surface area contributed by atoms with Crippen molar-refractivity contribution >= 4 is 34.3 Å². The molecular formula is C13H12ClNO3. The van der Waals surface area contributed by atoms with E-state index in [2.05, 4.69) is 0 Å². The number of Topliss-reactive ketones (excluding diaryl/α,β-unsaturated/α-hetero) is 1. The molecule has 5 heteroatoms. The smallest absolute Gasteiger partial charge is 0.352 e. The van der Waals surface area contributed by atoms with Gasteiger partial charge in [-0.15, -0.1) is 0 Å². The predicted molar refractivity (Wildman–Crippen MR) is 69.2 cm³/mol. The molecular weight excluding hydrogens is 254 g/mol. The maximum atomic E-state index is 11.2. The van der Waals surface area contributed by atoms with Crippen LogP contribution in [-0.2, 0) is 11.3 Å². The quantitative estimate of drug-likeness (QED) is 0.924. The van der Waals surface area contributed by atoms with Gasteiger partial charge in [0.15, 0.2) is 0 Å². The zero-order chi connectivity index (χ0) is 13.3. The van der Waals surface area contributed by atoms with Gasteiger partial charge in [0.25, 0.3) is 0 Å². The molecule has 0 spiro atoms. The predicted octanol–water partition coefficient (Wildman–Crippen LogP) is 2.97. The topological polar surface area (TPSA) is 59.3 Å². The van der Waals surface area contributed by atoms with E-state index in [1.165, 1.54) is 6.92 Å².